The standard InChI is InChI=1S/C38H24N4O/c1-3-12-25(13-4-1)36-38(43-37(40-36)26-14-5-2-6-15-26)42-31-20-10-8-18-29(31)35-33(42)22-21-32-34(35)28-17-7-9-19-30(28)41(32)27-16-11-23-39-24-27/h1-24H. The molecule has 5 aromatic carbocycles. The summed E-state index contributed by atoms with van der Waals surface area (Å²) in [5.41, 5.74) is 8.19. The van der Waals surface area contributed by atoms with Gasteiger partial charge in [0.15, 0.2) is 0 Å². The molecule has 5 nitrogen and oxygen atoms in total. The summed E-state index contributed by atoms with van der Waals surface area (Å²) in [5, 5.41) is 4.74. The van der Waals surface area contributed by atoms with E-state index in [2.05, 4.69) is 93.0 Å². The summed E-state index contributed by atoms with van der Waals surface area (Å²) in [7, 11) is 0. The second-order valence-electron chi connectivity index (χ2n) is 10.7. The molecule has 0 unspecified atom stereocenters. The van der Waals surface area contributed by atoms with Gasteiger partial charge in [0.25, 0.3) is 0 Å². The van der Waals surface area contributed by atoms with Gasteiger partial charge in [-0.15, -0.1) is 0 Å². The number of rotatable bonds is 4. The quantitative estimate of drug-likeness (QED) is 0.218. The SMILES string of the molecule is c1ccc(-c2nc(-c3ccccc3)c(-n3c4ccccc4c4c5c6ccccc6n(-c6cccnc6)c5ccc43)o2)cc1. The van der Waals surface area contributed by atoms with E-state index in [9.17, 15) is 0 Å². The lowest BCUT2D eigenvalue weighted by atomic mass is 10.1. The molecule has 9 aromatic rings. The van der Waals surface area contributed by atoms with Crippen LogP contribution in [0.2, 0.25) is 0 Å². The highest BCUT2D eigenvalue weighted by atomic mass is 16.4. The fourth-order valence-corrected chi connectivity index (χ4v) is 6.45. The maximum Gasteiger partial charge on any atom is 0.233 e. The molecular formula is C38H24N4O. The van der Waals surface area contributed by atoms with Crippen molar-refractivity contribution >= 4 is 43.6 Å². The van der Waals surface area contributed by atoms with Gasteiger partial charge in [-0.25, -0.2) is 4.98 Å². The number of aromatic nitrogens is 4. The molecule has 202 valence electrons. The summed E-state index contributed by atoms with van der Waals surface area (Å²) in [6.45, 7) is 0. The molecule has 5 heteroatoms. The molecule has 0 radical (unpaired) electrons. The Kier molecular flexibility index (Phi) is 5.13. The molecule has 0 fully saturated rings. The minimum absolute atomic E-state index is 0.592. The van der Waals surface area contributed by atoms with E-state index in [1.807, 2.05) is 67.0 Å². The van der Waals surface area contributed by atoms with Gasteiger partial charge in [-0.3, -0.25) is 9.55 Å². The number of fused-ring (bicyclic) bond motifs is 7. The van der Waals surface area contributed by atoms with Gasteiger partial charge in [0.05, 0.1) is 34.0 Å². The summed E-state index contributed by atoms with van der Waals surface area (Å²) in [4.78, 5) is 9.51. The van der Waals surface area contributed by atoms with Gasteiger partial charge in [-0.05, 0) is 48.5 Å². The third-order valence-electron chi connectivity index (χ3n) is 8.26. The van der Waals surface area contributed by atoms with E-state index in [1.54, 1.807) is 0 Å². The molecule has 0 aliphatic carbocycles. The van der Waals surface area contributed by atoms with E-state index in [0.717, 1.165) is 50.0 Å². The van der Waals surface area contributed by atoms with Gasteiger partial charge in [0.1, 0.15) is 5.69 Å². The van der Waals surface area contributed by atoms with E-state index >= 15 is 0 Å². The van der Waals surface area contributed by atoms with Crippen LogP contribution in [0, 0.1) is 0 Å². The van der Waals surface area contributed by atoms with Gasteiger partial charge >= 0.3 is 0 Å². The predicted molar refractivity (Wildman–Crippen MR) is 174 cm³/mol. The van der Waals surface area contributed by atoms with Gasteiger partial charge in [-0.1, -0.05) is 84.9 Å². The van der Waals surface area contributed by atoms with Gasteiger partial charge < -0.3 is 8.98 Å². The normalized spacial score (nSPS) is 11.7. The summed E-state index contributed by atoms with van der Waals surface area (Å²) < 4.78 is 11.3. The van der Waals surface area contributed by atoms with Crippen molar-refractivity contribution in [3.05, 3.63) is 146 Å². The van der Waals surface area contributed by atoms with Crippen LogP contribution in [0.4, 0.5) is 0 Å². The summed E-state index contributed by atoms with van der Waals surface area (Å²) in [5.74, 6) is 1.29. The van der Waals surface area contributed by atoms with Crippen LogP contribution in [0.5, 0.6) is 0 Å². The highest BCUT2D eigenvalue weighted by Gasteiger charge is 2.25. The number of hydrogen-bond acceptors (Lipinski definition) is 3. The molecule has 4 aromatic heterocycles. The number of benzene rings is 5. The fourth-order valence-electron chi connectivity index (χ4n) is 6.45. The highest BCUT2D eigenvalue weighted by molar-refractivity contribution is 6.28. The number of pyridine rings is 1. The molecular weight excluding hydrogens is 528 g/mol. The lowest BCUT2D eigenvalue weighted by Crippen LogP contribution is -1.96. The topological polar surface area (TPSA) is 48.8 Å². The van der Waals surface area contributed by atoms with Crippen LogP contribution in [0.15, 0.2) is 150 Å². The predicted octanol–water partition coefficient (Wildman–Crippen LogP) is 9.60. The highest BCUT2D eigenvalue weighted by Crippen LogP contribution is 2.44. The van der Waals surface area contributed by atoms with Crippen LogP contribution in [-0.2, 0) is 0 Å². The third kappa shape index (κ3) is 3.52. The number of oxazole rings is 1. The first kappa shape index (κ1) is 23.7. The van der Waals surface area contributed by atoms with Crippen molar-refractivity contribution in [1.82, 2.24) is 19.1 Å². The summed E-state index contributed by atoms with van der Waals surface area (Å²) >= 11 is 0. The Morgan fingerprint density at radius 2 is 1.07 bits per heavy atom. The van der Waals surface area contributed by atoms with Gasteiger partial charge in [-0.2, -0.15) is 0 Å². The van der Waals surface area contributed by atoms with Crippen LogP contribution in [0.1, 0.15) is 0 Å². The van der Waals surface area contributed by atoms with Crippen LogP contribution in [0.3, 0.4) is 0 Å². The zero-order chi connectivity index (χ0) is 28.3. The largest absolute Gasteiger partial charge is 0.419 e. The first-order valence-electron chi connectivity index (χ1n) is 14.3. The molecule has 0 aliphatic rings. The zero-order valence-electron chi connectivity index (χ0n) is 23.1. The first-order valence-corrected chi connectivity index (χ1v) is 14.3. The van der Waals surface area contributed by atoms with Crippen molar-refractivity contribution in [2.45, 2.75) is 0 Å². The van der Waals surface area contributed by atoms with Crippen molar-refractivity contribution in [3.8, 4) is 34.3 Å². The van der Waals surface area contributed by atoms with Crippen molar-refractivity contribution in [1.29, 1.82) is 0 Å². The van der Waals surface area contributed by atoms with Gasteiger partial charge in [0.2, 0.25) is 11.8 Å². The first-order chi connectivity index (χ1) is 21.4. The third-order valence-corrected chi connectivity index (χ3v) is 8.26. The number of nitrogens with zero attached hydrogens (tertiary/aromatic N) is 4. The number of para-hydroxylation sites is 2. The van der Waals surface area contributed by atoms with E-state index in [-0.39, 0.29) is 0 Å². The van der Waals surface area contributed by atoms with E-state index < -0.39 is 0 Å². The van der Waals surface area contributed by atoms with Crippen LogP contribution < -0.4 is 0 Å². The second-order valence-corrected chi connectivity index (χ2v) is 10.7. The van der Waals surface area contributed by atoms with Crippen molar-refractivity contribution < 1.29 is 4.42 Å². The summed E-state index contributed by atoms with van der Waals surface area (Å²) in [6, 6.07) is 46.1. The Bertz CT molecular complexity index is 2440. The molecule has 4 heterocycles. The molecule has 0 saturated carbocycles. The summed E-state index contributed by atoms with van der Waals surface area (Å²) in [6.07, 6.45) is 3.74. The maximum atomic E-state index is 6.73. The molecule has 9 rings (SSSR count). The lowest BCUT2D eigenvalue weighted by molar-refractivity contribution is 0.554. The Labute approximate surface area is 246 Å². The molecule has 0 N–H and O–H groups in total. The molecule has 0 bridgehead atoms. The zero-order valence-corrected chi connectivity index (χ0v) is 23.1. The van der Waals surface area contributed by atoms with Crippen molar-refractivity contribution in [2.24, 2.45) is 0 Å². The van der Waals surface area contributed by atoms with E-state index in [0.29, 0.717) is 11.8 Å². The minimum atomic E-state index is 0.592. The lowest BCUT2D eigenvalue weighted by Gasteiger charge is -2.08. The Hall–Kier alpha value is -5.94. The molecule has 43 heavy (non-hydrogen) atoms. The molecule has 0 spiro atoms. The number of hydrogen-bond donors (Lipinski definition) is 0. The van der Waals surface area contributed by atoms with E-state index in [1.165, 1.54) is 16.2 Å². The molecule has 0 aliphatic heterocycles. The fraction of sp³-hybridized carbons (Fsp3) is 0. The molecule has 0 atom stereocenters. The van der Waals surface area contributed by atoms with Crippen LogP contribution in [0.25, 0.3) is 77.9 Å². The van der Waals surface area contributed by atoms with Gasteiger partial charge in [0, 0.05) is 38.9 Å². The smallest absolute Gasteiger partial charge is 0.233 e. The van der Waals surface area contributed by atoms with Crippen molar-refractivity contribution in [2.75, 3.05) is 0 Å². The minimum Gasteiger partial charge on any atom is -0.419 e. The Morgan fingerprint density at radius 3 is 1.72 bits per heavy atom. The Balaban J connectivity index is 1.43. The second kappa shape index (κ2) is 9.29. The molecule has 0 saturated heterocycles. The Morgan fingerprint density at radius 1 is 0.488 bits per heavy atom. The maximum absolute atomic E-state index is 6.73. The molecule has 0 amide bonds. The van der Waals surface area contributed by atoms with E-state index in [4.69, 9.17) is 9.40 Å². The monoisotopic (exact) mass is 552 g/mol. The van der Waals surface area contributed by atoms with Crippen molar-refractivity contribution in [3.63, 3.8) is 0 Å². The van der Waals surface area contributed by atoms with Crippen LogP contribution in [-0.4, -0.2) is 19.1 Å². The average Bonchev–Trinajstić information content (AvgIpc) is 3.76. The van der Waals surface area contributed by atoms with Crippen LogP contribution >= 0.6 is 0 Å². The average molecular weight is 553 g/mol.